The van der Waals surface area contributed by atoms with E-state index in [-0.39, 0.29) is 11.9 Å². The molecule has 1 amide bonds. The molecule has 0 fully saturated rings. The third kappa shape index (κ3) is 3.09. The van der Waals surface area contributed by atoms with Crippen LogP contribution >= 0.6 is 22.7 Å². The molecule has 0 bridgehead atoms. The average molecular weight is 390 g/mol. The van der Waals surface area contributed by atoms with Crippen LogP contribution in [0.25, 0.3) is 0 Å². The minimum Gasteiger partial charge on any atom is -0.465 e. The molecule has 0 radical (unpaired) electrons. The average Bonchev–Trinajstić information content (AvgIpc) is 3.21. The number of aryl methyl sites for hydroxylation is 1. The van der Waals surface area contributed by atoms with Crippen LogP contribution in [0.5, 0.6) is 0 Å². The van der Waals surface area contributed by atoms with Crippen molar-refractivity contribution in [3.05, 3.63) is 37.4 Å². The number of anilines is 1. The molecule has 0 aliphatic heterocycles. The van der Waals surface area contributed by atoms with E-state index in [0.717, 1.165) is 56.1 Å². The van der Waals surface area contributed by atoms with Crippen LogP contribution in [0, 0.1) is 5.92 Å². The van der Waals surface area contributed by atoms with Gasteiger partial charge in [0.2, 0.25) is 0 Å². The van der Waals surface area contributed by atoms with Gasteiger partial charge in [-0.3, -0.25) is 4.79 Å². The van der Waals surface area contributed by atoms with Gasteiger partial charge in [-0.15, -0.1) is 22.7 Å². The molecule has 2 aliphatic rings. The lowest BCUT2D eigenvalue weighted by Crippen LogP contribution is -2.17. The largest absolute Gasteiger partial charge is 0.465 e. The molecular formula is C20H23NO3S2. The maximum absolute atomic E-state index is 13.0. The van der Waals surface area contributed by atoms with E-state index in [2.05, 4.69) is 12.2 Å². The number of hydrogen-bond donors (Lipinski definition) is 1. The first-order valence-corrected chi connectivity index (χ1v) is 10.9. The Morgan fingerprint density at radius 2 is 1.96 bits per heavy atom. The summed E-state index contributed by atoms with van der Waals surface area (Å²) in [6.45, 7) is 2.27. The maximum Gasteiger partial charge on any atom is 0.341 e. The first-order chi connectivity index (χ1) is 12.6. The number of nitrogens with one attached hydrogen (secondary N) is 1. The highest BCUT2D eigenvalue weighted by Gasteiger charge is 2.29. The summed E-state index contributed by atoms with van der Waals surface area (Å²) in [7, 11) is 1.40. The highest BCUT2D eigenvalue weighted by atomic mass is 32.1. The molecule has 0 saturated carbocycles. The topological polar surface area (TPSA) is 55.4 Å². The van der Waals surface area contributed by atoms with Crippen molar-refractivity contribution >= 4 is 39.6 Å². The summed E-state index contributed by atoms with van der Waals surface area (Å²) in [5, 5.41) is 5.66. The monoisotopic (exact) mass is 389 g/mol. The Balaban J connectivity index is 1.64. The predicted molar refractivity (Wildman–Crippen MR) is 106 cm³/mol. The summed E-state index contributed by atoms with van der Waals surface area (Å²) in [6.07, 6.45) is 7.24. The van der Waals surface area contributed by atoms with Gasteiger partial charge in [-0.2, -0.15) is 0 Å². The van der Waals surface area contributed by atoms with Gasteiger partial charge in [0, 0.05) is 15.1 Å². The molecule has 138 valence electrons. The van der Waals surface area contributed by atoms with Gasteiger partial charge in [0.05, 0.1) is 18.2 Å². The Morgan fingerprint density at radius 3 is 2.77 bits per heavy atom. The molecule has 2 aliphatic carbocycles. The fourth-order valence-corrected chi connectivity index (χ4v) is 6.53. The Labute approximate surface area is 161 Å². The van der Waals surface area contributed by atoms with Crippen molar-refractivity contribution in [3.8, 4) is 0 Å². The molecule has 2 aromatic heterocycles. The van der Waals surface area contributed by atoms with Gasteiger partial charge < -0.3 is 10.1 Å². The van der Waals surface area contributed by atoms with Crippen molar-refractivity contribution in [3.63, 3.8) is 0 Å². The summed E-state index contributed by atoms with van der Waals surface area (Å²) in [4.78, 5) is 27.9. The fraction of sp³-hybridized carbons (Fsp3) is 0.500. The molecule has 4 nitrogen and oxygen atoms in total. The molecule has 4 rings (SSSR count). The van der Waals surface area contributed by atoms with Crippen LogP contribution in [0.15, 0.2) is 5.38 Å². The molecule has 0 aromatic carbocycles. The van der Waals surface area contributed by atoms with Gasteiger partial charge in [0.25, 0.3) is 5.91 Å². The first kappa shape index (κ1) is 17.7. The van der Waals surface area contributed by atoms with Crippen LogP contribution in [0.3, 0.4) is 0 Å². The second-order valence-electron chi connectivity index (χ2n) is 7.26. The molecule has 2 aromatic rings. The van der Waals surface area contributed by atoms with Crippen molar-refractivity contribution in [1.29, 1.82) is 0 Å². The zero-order valence-corrected chi connectivity index (χ0v) is 16.8. The summed E-state index contributed by atoms with van der Waals surface area (Å²) in [6, 6.07) is 0. The number of rotatable bonds is 3. The van der Waals surface area contributed by atoms with Gasteiger partial charge in [0.1, 0.15) is 5.00 Å². The third-order valence-electron chi connectivity index (χ3n) is 5.43. The molecule has 1 N–H and O–H groups in total. The Hall–Kier alpha value is -1.66. The van der Waals surface area contributed by atoms with Gasteiger partial charge in [0.15, 0.2) is 0 Å². The quantitative estimate of drug-likeness (QED) is 0.763. The van der Waals surface area contributed by atoms with Crippen LogP contribution in [-0.4, -0.2) is 19.0 Å². The van der Waals surface area contributed by atoms with Gasteiger partial charge in [-0.05, 0) is 62.0 Å². The molecule has 1 atom stereocenters. The highest BCUT2D eigenvalue weighted by Crippen LogP contribution is 2.39. The van der Waals surface area contributed by atoms with Crippen LogP contribution in [0.2, 0.25) is 0 Å². The first-order valence-electron chi connectivity index (χ1n) is 9.22. The number of carbonyl (C=O) groups excluding carboxylic acids is 2. The standard InChI is InChI=1S/C20H23NO3S2/c1-11-7-8-12-14(10-25-16(12)9-11)18(22)21-19-17(20(23)24-2)13-5-3-4-6-15(13)26-19/h10-11H,3-9H2,1-2H3,(H,21,22)/t11-/m1/s1. The molecule has 2 heterocycles. The summed E-state index contributed by atoms with van der Waals surface area (Å²) >= 11 is 3.23. The number of esters is 1. The van der Waals surface area contributed by atoms with Crippen molar-refractivity contribution in [1.82, 2.24) is 0 Å². The van der Waals surface area contributed by atoms with Crippen LogP contribution in [-0.2, 0) is 30.4 Å². The van der Waals surface area contributed by atoms with Gasteiger partial charge in [-0.25, -0.2) is 4.79 Å². The molecule has 0 unspecified atom stereocenters. The van der Waals surface area contributed by atoms with Crippen molar-refractivity contribution < 1.29 is 14.3 Å². The SMILES string of the molecule is COC(=O)c1c(NC(=O)c2csc3c2CC[C@@H](C)C3)sc2c1CCCC2. The third-order valence-corrected chi connectivity index (χ3v) is 7.69. The maximum atomic E-state index is 13.0. The summed E-state index contributed by atoms with van der Waals surface area (Å²) in [5.41, 5.74) is 3.62. The molecule has 26 heavy (non-hydrogen) atoms. The molecule has 6 heteroatoms. The molecule has 0 spiro atoms. The minimum absolute atomic E-state index is 0.0965. The van der Waals surface area contributed by atoms with Crippen LogP contribution in [0.4, 0.5) is 5.00 Å². The lowest BCUT2D eigenvalue weighted by atomic mass is 9.88. The van der Waals surface area contributed by atoms with Crippen LogP contribution < -0.4 is 5.32 Å². The van der Waals surface area contributed by atoms with E-state index in [1.165, 1.54) is 33.8 Å². The van der Waals surface area contributed by atoms with Crippen molar-refractivity contribution in [2.24, 2.45) is 5.92 Å². The second kappa shape index (κ2) is 7.16. The van der Waals surface area contributed by atoms with Crippen molar-refractivity contribution in [2.45, 2.75) is 51.9 Å². The molecule has 0 saturated heterocycles. The van der Waals surface area contributed by atoms with E-state index in [9.17, 15) is 9.59 Å². The Bertz CT molecular complexity index is 865. The van der Waals surface area contributed by atoms with E-state index in [1.54, 1.807) is 11.3 Å². The zero-order valence-electron chi connectivity index (χ0n) is 15.1. The van der Waals surface area contributed by atoms with Gasteiger partial charge in [-0.1, -0.05) is 6.92 Å². The number of hydrogen-bond acceptors (Lipinski definition) is 5. The van der Waals surface area contributed by atoms with Crippen LogP contribution in [0.1, 0.15) is 67.8 Å². The van der Waals surface area contributed by atoms with Crippen molar-refractivity contribution in [2.75, 3.05) is 12.4 Å². The highest BCUT2D eigenvalue weighted by molar-refractivity contribution is 7.17. The minimum atomic E-state index is -0.346. The van der Waals surface area contributed by atoms with E-state index in [1.807, 2.05) is 5.38 Å². The summed E-state index contributed by atoms with van der Waals surface area (Å²) in [5.74, 6) is 0.244. The lowest BCUT2D eigenvalue weighted by Gasteiger charge is -2.18. The zero-order chi connectivity index (χ0) is 18.3. The number of thiophene rings is 2. The Kier molecular flexibility index (Phi) is 4.88. The predicted octanol–water partition coefficient (Wildman–Crippen LogP) is 4.85. The molecular weight excluding hydrogens is 366 g/mol. The van der Waals surface area contributed by atoms with E-state index in [0.29, 0.717) is 16.5 Å². The lowest BCUT2D eigenvalue weighted by molar-refractivity contribution is 0.0601. The Morgan fingerprint density at radius 1 is 1.15 bits per heavy atom. The van der Waals surface area contributed by atoms with E-state index in [4.69, 9.17) is 4.74 Å². The number of ether oxygens (including phenoxy) is 1. The fourth-order valence-electron chi connectivity index (χ4n) is 4.01. The second-order valence-corrected chi connectivity index (χ2v) is 9.33. The van der Waals surface area contributed by atoms with E-state index < -0.39 is 0 Å². The van der Waals surface area contributed by atoms with Gasteiger partial charge >= 0.3 is 5.97 Å². The number of amides is 1. The normalized spacial score (nSPS) is 18.8. The summed E-state index contributed by atoms with van der Waals surface area (Å²) < 4.78 is 4.99. The smallest absolute Gasteiger partial charge is 0.341 e. The number of carbonyl (C=O) groups is 2. The number of methoxy groups -OCH3 is 1. The number of fused-ring (bicyclic) bond motifs is 2. The van der Waals surface area contributed by atoms with E-state index >= 15 is 0 Å².